The molecule has 1 aliphatic rings. The van der Waals surface area contributed by atoms with Gasteiger partial charge in [0.25, 0.3) is 11.8 Å². The van der Waals surface area contributed by atoms with E-state index in [9.17, 15) is 9.59 Å². The van der Waals surface area contributed by atoms with Gasteiger partial charge in [-0.1, -0.05) is 0 Å². The van der Waals surface area contributed by atoms with E-state index in [0.717, 1.165) is 0 Å². The molecule has 0 radical (unpaired) electrons. The Morgan fingerprint density at radius 1 is 1.40 bits per heavy atom. The largest absolute Gasteiger partial charge is 0.350 e. The Hall–Kier alpha value is -2.35. The van der Waals surface area contributed by atoms with E-state index in [1.807, 2.05) is 0 Å². The van der Waals surface area contributed by atoms with E-state index in [0.29, 0.717) is 5.69 Å². The van der Waals surface area contributed by atoms with Crippen LogP contribution < -0.4 is 5.32 Å². The second-order valence-corrected chi connectivity index (χ2v) is 3.15. The number of aromatic nitrogens is 1. The van der Waals surface area contributed by atoms with Gasteiger partial charge >= 0.3 is 0 Å². The van der Waals surface area contributed by atoms with Gasteiger partial charge in [-0.05, 0) is 12.1 Å². The zero-order chi connectivity index (χ0) is 11.0. The summed E-state index contributed by atoms with van der Waals surface area (Å²) in [5.74, 6) is -1.14. The van der Waals surface area contributed by atoms with E-state index >= 15 is 0 Å². The van der Waals surface area contributed by atoms with Crippen molar-refractivity contribution in [3.63, 3.8) is 0 Å². The van der Waals surface area contributed by atoms with Crippen LogP contribution in [0.2, 0.25) is 0 Å². The highest BCUT2D eigenvalue weighted by Gasteiger charge is 2.32. The van der Waals surface area contributed by atoms with Crippen LogP contribution in [-0.2, 0) is 16.6 Å². The maximum absolute atomic E-state index is 11.5. The highest BCUT2D eigenvalue weighted by atomic mass is 16.2. The number of carbonyl (C=O) groups excluding carboxylic acids is 2. The molecule has 15 heavy (non-hydrogen) atoms. The number of nitrogens with zero attached hydrogens (tertiary/aromatic N) is 2. The van der Waals surface area contributed by atoms with Gasteiger partial charge < -0.3 is 4.57 Å². The van der Waals surface area contributed by atoms with Crippen LogP contribution in [0.5, 0.6) is 0 Å². The molecular weight excluding hydrogens is 194 g/mol. The van der Waals surface area contributed by atoms with Crippen LogP contribution >= 0.6 is 0 Å². The van der Waals surface area contributed by atoms with Crippen molar-refractivity contribution in [3.8, 4) is 6.07 Å². The SMILES string of the molecule is Cn1cccc1C1=C(C#N)C(=O)NC1=O. The fraction of sp³-hybridized carbons (Fsp3) is 0.100. The number of imide groups is 1. The van der Waals surface area contributed by atoms with Crippen LogP contribution in [0.4, 0.5) is 0 Å². The zero-order valence-electron chi connectivity index (χ0n) is 7.94. The molecule has 2 heterocycles. The van der Waals surface area contributed by atoms with Crippen LogP contribution in [0.1, 0.15) is 5.69 Å². The third kappa shape index (κ3) is 1.23. The van der Waals surface area contributed by atoms with Gasteiger partial charge in [0, 0.05) is 13.2 Å². The maximum atomic E-state index is 11.5. The van der Waals surface area contributed by atoms with Crippen LogP contribution in [0.15, 0.2) is 23.9 Å². The first-order valence-electron chi connectivity index (χ1n) is 4.27. The molecule has 0 fully saturated rings. The molecule has 74 valence electrons. The molecule has 0 atom stereocenters. The van der Waals surface area contributed by atoms with E-state index in [2.05, 4.69) is 5.32 Å². The molecule has 0 saturated carbocycles. The van der Waals surface area contributed by atoms with Gasteiger partial charge in [-0.2, -0.15) is 5.26 Å². The van der Waals surface area contributed by atoms with Crippen LogP contribution in [0, 0.1) is 11.3 Å². The van der Waals surface area contributed by atoms with Crippen molar-refractivity contribution in [2.75, 3.05) is 0 Å². The average molecular weight is 201 g/mol. The topological polar surface area (TPSA) is 74.9 Å². The molecule has 1 aromatic rings. The first-order valence-corrected chi connectivity index (χ1v) is 4.27. The number of hydrogen-bond donors (Lipinski definition) is 1. The van der Waals surface area contributed by atoms with Crippen molar-refractivity contribution < 1.29 is 9.59 Å². The van der Waals surface area contributed by atoms with Gasteiger partial charge in [0.1, 0.15) is 11.6 Å². The second kappa shape index (κ2) is 3.10. The van der Waals surface area contributed by atoms with Gasteiger partial charge in [-0.3, -0.25) is 14.9 Å². The Labute approximate surface area is 85.6 Å². The van der Waals surface area contributed by atoms with Crippen molar-refractivity contribution in [1.82, 2.24) is 9.88 Å². The summed E-state index contributed by atoms with van der Waals surface area (Å²) in [6.45, 7) is 0. The van der Waals surface area contributed by atoms with E-state index in [-0.39, 0.29) is 11.1 Å². The van der Waals surface area contributed by atoms with E-state index in [1.165, 1.54) is 0 Å². The van der Waals surface area contributed by atoms with Crippen LogP contribution in [-0.4, -0.2) is 16.4 Å². The molecule has 0 bridgehead atoms. The summed E-state index contributed by atoms with van der Waals surface area (Å²) in [4.78, 5) is 22.7. The Kier molecular flexibility index (Phi) is 1.90. The summed E-state index contributed by atoms with van der Waals surface area (Å²) in [5.41, 5.74) is 0.590. The molecule has 0 unspecified atom stereocenters. The van der Waals surface area contributed by atoms with Gasteiger partial charge in [-0.15, -0.1) is 0 Å². The van der Waals surface area contributed by atoms with Gasteiger partial charge in [-0.25, -0.2) is 0 Å². The minimum absolute atomic E-state index is 0.123. The third-order valence-corrected chi connectivity index (χ3v) is 2.24. The molecule has 2 rings (SSSR count). The van der Waals surface area contributed by atoms with E-state index < -0.39 is 11.8 Å². The number of amides is 2. The summed E-state index contributed by atoms with van der Waals surface area (Å²) >= 11 is 0. The molecule has 1 aliphatic heterocycles. The molecule has 1 aromatic heterocycles. The Balaban J connectivity index is 2.66. The molecule has 5 nitrogen and oxygen atoms in total. The summed E-state index contributed by atoms with van der Waals surface area (Å²) < 4.78 is 1.69. The standard InChI is InChI=1S/C10H7N3O2/c1-13-4-2-3-7(13)8-6(5-11)9(14)12-10(8)15/h2-4H,1H3,(H,12,14,15). The molecule has 0 spiro atoms. The number of hydrogen-bond acceptors (Lipinski definition) is 3. The van der Waals surface area contributed by atoms with Gasteiger partial charge in [0.2, 0.25) is 0 Å². The van der Waals surface area contributed by atoms with Crippen LogP contribution in [0.3, 0.4) is 0 Å². The minimum atomic E-state index is -0.626. The predicted octanol–water partition coefficient (Wildman–Crippen LogP) is -0.0413. The van der Waals surface area contributed by atoms with Gasteiger partial charge in [0.05, 0.1) is 11.3 Å². The summed E-state index contributed by atoms with van der Waals surface area (Å²) in [5, 5.41) is 10.9. The molecule has 0 aromatic carbocycles. The van der Waals surface area contributed by atoms with Crippen molar-refractivity contribution in [3.05, 3.63) is 29.6 Å². The van der Waals surface area contributed by atoms with Crippen molar-refractivity contribution in [1.29, 1.82) is 5.26 Å². The number of nitrogens with one attached hydrogen (secondary N) is 1. The summed E-state index contributed by atoms with van der Waals surface area (Å²) in [7, 11) is 1.74. The molecule has 2 amide bonds. The number of aryl methyl sites for hydroxylation is 1. The fourth-order valence-electron chi connectivity index (χ4n) is 1.53. The number of nitriles is 1. The Morgan fingerprint density at radius 2 is 2.13 bits per heavy atom. The fourth-order valence-corrected chi connectivity index (χ4v) is 1.53. The number of carbonyl (C=O) groups is 2. The zero-order valence-corrected chi connectivity index (χ0v) is 7.94. The molecule has 5 heteroatoms. The lowest BCUT2D eigenvalue weighted by molar-refractivity contribution is -0.123. The third-order valence-electron chi connectivity index (χ3n) is 2.24. The quantitative estimate of drug-likeness (QED) is 0.648. The lowest BCUT2D eigenvalue weighted by atomic mass is 10.1. The summed E-state index contributed by atoms with van der Waals surface area (Å²) in [6, 6.07) is 5.17. The Morgan fingerprint density at radius 3 is 2.67 bits per heavy atom. The van der Waals surface area contributed by atoms with Gasteiger partial charge in [0.15, 0.2) is 0 Å². The maximum Gasteiger partial charge on any atom is 0.269 e. The predicted molar refractivity (Wildman–Crippen MR) is 51.1 cm³/mol. The summed E-state index contributed by atoms with van der Waals surface area (Å²) in [6.07, 6.45) is 1.74. The smallest absolute Gasteiger partial charge is 0.269 e. The van der Waals surface area contributed by atoms with Crippen molar-refractivity contribution in [2.45, 2.75) is 0 Å². The Bertz CT molecular complexity index is 531. The van der Waals surface area contributed by atoms with Crippen LogP contribution in [0.25, 0.3) is 5.57 Å². The van der Waals surface area contributed by atoms with Crippen molar-refractivity contribution in [2.24, 2.45) is 7.05 Å². The number of rotatable bonds is 1. The highest BCUT2D eigenvalue weighted by molar-refractivity contribution is 6.37. The lowest BCUT2D eigenvalue weighted by Gasteiger charge is -2.01. The molecule has 0 saturated heterocycles. The molecule has 0 aliphatic carbocycles. The van der Waals surface area contributed by atoms with Crippen molar-refractivity contribution >= 4 is 17.4 Å². The lowest BCUT2D eigenvalue weighted by Crippen LogP contribution is -2.23. The van der Waals surface area contributed by atoms with E-state index in [1.54, 1.807) is 36.0 Å². The first-order chi connectivity index (χ1) is 7.15. The monoisotopic (exact) mass is 201 g/mol. The molecule has 1 N–H and O–H groups in total. The van der Waals surface area contributed by atoms with E-state index in [4.69, 9.17) is 5.26 Å². The normalized spacial score (nSPS) is 15.5. The second-order valence-electron chi connectivity index (χ2n) is 3.15. The average Bonchev–Trinajstić information content (AvgIpc) is 2.70. The highest BCUT2D eigenvalue weighted by Crippen LogP contribution is 2.23. The first kappa shape index (κ1) is 9.21. The minimum Gasteiger partial charge on any atom is -0.350 e. The molecular formula is C10H7N3O2.